The van der Waals surface area contributed by atoms with Gasteiger partial charge in [0.25, 0.3) is 0 Å². The second-order valence-electron chi connectivity index (χ2n) is 5.23. The van der Waals surface area contributed by atoms with Gasteiger partial charge < -0.3 is 9.84 Å². The summed E-state index contributed by atoms with van der Waals surface area (Å²) in [6, 6.07) is 2.49. The van der Waals surface area contributed by atoms with Gasteiger partial charge in [-0.05, 0) is 19.9 Å². The molecule has 110 valence electrons. The molecule has 1 aliphatic heterocycles. The van der Waals surface area contributed by atoms with Gasteiger partial charge in [0.1, 0.15) is 5.82 Å². The smallest absolute Gasteiger partial charge is 0.336 e. The minimum absolute atomic E-state index is 0.0590. The van der Waals surface area contributed by atoms with Crippen molar-refractivity contribution in [1.82, 2.24) is 4.98 Å². The second-order valence-corrected chi connectivity index (χ2v) is 5.64. The highest BCUT2D eigenvalue weighted by atomic mass is 35.5. The van der Waals surface area contributed by atoms with Crippen molar-refractivity contribution in [2.45, 2.75) is 32.5 Å². The van der Waals surface area contributed by atoms with Crippen LogP contribution in [0.1, 0.15) is 41.6 Å². The number of fused-ring (bicyclic) bond motifs is 2. The van der Waals surface area contributed by atoms with E-state index in [2.05, 4.69) is 4.98 Å². The van der Waals surface area contributed by atoms with Crippen LogP contribution in [0.25, 0.3) is 10.9 Å². The number of carboxylic acid groups (broad SMARTS) is 1. The minimum Gasteiger partial charge on any atom is -0.478 e. The molecule has 2 atom stereocenters. The number of carboxylic acids is 1. The third-order valence-electron chi connectivity index (χ3n) is 3.68. The molecule has 0 bridgehead atoms. The first-order valence-corrected chi connectivity index (χ1v) is 6.96. The zero-order chi connectivity index (χ0) is 15.3. The fraction of sp³-hybridized carbons (Fsp3) is 0.333. The van der Waals surface area contributed by atoms with E-state index in [9.17, 15) is 14.3 Å². The Morgan fingerprint density at radius 2 is 2.19 bits per heavy atom. The largest absolute Gasteiger partial charge is 0.478 e. The molecule has 1 N–H and O–H groups in total. The van der Waals surface area contributed by atoms with Gasteiger partial charge in [-0.2, -0.15) is 0 Å². The average molecular weight is 310 g/mol. The lowest BCUT2D eigenvalue weighted by Gasteiger charge is -2.29. The number of halogens is 2. The van der Waals surface area contributed by atoms with Crippen LogP contribution in [0, 0.1) is 5.82 Å². The number of pyridine rings is 1. The number of nitrogens with zero attached hydrogens (tertiary/aromatic N) is 1. The minimum atomic E-state index is -1.09. The molecule has 21 heavy (non-hydrogen) atoms. The first kappa shape index (κ1) is 14.2. The van der Waals surface area contributed by atoms with Crippen LogP contribution in [0.2, 0.25) is 5.02 Å². The van der Waals surface area contributed by atoms with E-state index >= 15 is 0 Å². The number of aromatic carboxylic acids is 1. The summed E-state index contributed by atoms with van der Waals surface area (Å²) in [5.41, 5.74) is 1.59. The van der Waals surface area contributed by atoms with Crippen LogP contribution in [-0.4, -0.2) is 22.2 Å². The maximum Gasteiger partial charge on any atom is 0.336 e. The van der Waals surface area contributed by atoms with Crippen molar-refractivity contribution in [3.8, 4) is 0 Å². The Bertz CT molecular complexity index is 762. The number of carbonyl (C=O) groups is 1. The molecule has 0 saturated carbocycles. The molecule has 6 heteroatoms. The zero-order valence-corrected chi connectivity index (χ0v) is 12.2. The normalized spacial score (nSPS) is 21.3. The Balaban J connectivity index is 2.42. The summed E-state index contributed by atoms with van der Waals surface area (Å²) in [6.07, 6.45) is 0.0620. The van der Waals surface area contributed by atoms with Gasteiger partial charge in [-0.25, -0.2) is 9.18 Å². The molecule has 2 unspecified atom stereocenters. The molecular weight excluding hydrogens is 297 g/mol. The summed E-state index contributed by atoms with van der Waals surface area (Å²) < 4.78 is 19.3. The van der Waals surface area contributed by atoms with Gasteiger partial charge in [-0.15, -0.1) is 0 Å². The van der Waals surface area contributed by atoms with Crippen LogP contribution in [0.5, 0.6) is 0 Å². The molecule has 0 amide bonds. The summed E-state index contributed by atoms with van der Waals surface area (Å²) in [7, 11) is 0. The first-order valence-electron chi connectivity index (χ1n) is 6.58. The molecule has 0 spiro atoms. The van der Waals surface area contributed by atoms with Gasteiger partial charge >= 0.3 is 5.97 Å². The first-order chi connectivity index (χ1) is 9.88. The highest BCUT2D eigenvalue weighted by Gasteiger charge is 2.30. The SMILES string of the molecule is CC1Cc2nc3cc(F)c(Cl)cc3c(C(=O)O)c2C(C)O1. The molecule has 1 aromatic heterocycles. The molecular formula is C15H13ClFNO3. The molecule has 1 aromatic carbocycles. The fourth-order valence-electron chi connectivity index (χ4n) is 2.88. The van der Waals surface area contributed by atoms with E-state index in [1.165, 1.54) is 12.1 Å². The Morgan fingerprint density at radius 3 is 2.86 bits per heavy atom. The Hall–Kier alpha value is -1.72. The summed E-state index contributed by atoms with van der Waals surface area (Å²) in [4.78, 5) is 16.1. The van der Waals surface area contributed by atoms with E-state index in [0.29, 0.717) is 28.6 Å². The van der Waals surface area contributed by atoms with Gasteiger partial charge in [0.2, 0.25) is 0 Å². The quantitative estimate of drug-likeness (QED) is 0.871. The van der Waals surface area contributed by atoms with Crippen molar-refractivity contribution in [3.05, 3.63) is 39.8 Å². The van der Waals surface area contributed by atoms with Crippen LogP contribution < -0.4 is 0 Å². The third-order valence-corrected chi connectivity index (χ3v) is 3.97. The summed E-state index contributed by atoms with van der Waals surface area (Å²) in [6.45, 7) is 3.69. The Labute approximate surface area is 125 Å². The van der Waals surface area contributed by atoms with Gasteiger partial charge in [-0.1, -0.05) is 11.6 Å². The standard InChI is InChI=1S/C15H13ClFNO3/c1-6-3-12-13(7(2)21-6)14(15(19)20)8-4-9(16)10(17)5-11(8)18-12/h4-7H,3H2,1-2H3,(H,19,20). The lowest BCUT2D eigenvalue weighted by molar-refractivity contribution is -0.00661. The number of hydrogen-bond acceptors (Lipinski definition) is 3. The highest BCUT2D eigenvalue weighted by molar-refractivity contribution is 6.31. The summed E-state index contributed by atoms with van der Waals surface area (Å²) >= 11 is 5.78. The lowest BCUT2D eigenvalue weighted by Crippen LogP contribution is -2.26. The van der Waals surface area contributed by atoms with E-state index in [-0.39, 0.29) is 22.8 Å². The zero-order valence-electron chi connectivity index (χ0n) is 11.5. The molecule has 4 nitrogen and oxygen atoms in total. The highest BCUT2D eigenvalue weighted by Crippen LogP contribution is 2.36. The maximum absolute atomic E-state index is 13.6. The molecule has 2 aromatic rings. The van der Waals surface area contributed by atoms with Crippen molar-refractivity contribution in [2.24, 2.45) is 0 Å². The van der Waals surface area contributed by atoms with Crippen LogP contribution >= 0.6 is 11.6 Å². The molecule has 0 saturated heterocycles. The van der Waals surface area contributed by atoms with E-state index in [4.69, 9.17) is 16.3 Å². The van der Waals surface area contributed by atoms with E-state index in [0.717, 1.165) is 0 Å². The van der Waals surface area contributed by atoms with Crippen molar-refractivity contribution in [3.63, 3.8) is 0 Å². The fourth-order valence-corrected chi connectivity index (χ4v) is 3.05. The lowest BCUT2D eigenvalue weighted by atomic mass is 9.92. The second kappa shape index (κ2) is 4.93. The average Bonchev–Trinajstić information content (AvgIpc) is 2.37. The van der Waals surface area contributed by atoms with Crippen LogP contribution in [0.4, 0.5) is 4.39 Å². The van der Waals surface area contributed by atoms with Gasteiger partial charge in [0, 0.05) is 23.4 Å². The monoisotopic (exact) mass is 309 g/mol. The third kappa shape index (κ3) is 2.26. The number of hydrogen-bond donors (Lipinski definition) is 1. The topological polar surface area (TPSA) is 59.4 Å². The van der Waals surface area contributed by atoms with Gasteiger partial charge in [-0.3, -0.25) is 4.98 Å². The molecule has 0 fully saturated rings. The van der Waals surface area contributed by atoms with Crippen molar-refractivity contribution in [1.29, 1.82) is 0 Å². The molecule has 3 rings (SSSR count). The van der Waals surface area contributed by atoms with E-state index in [1.54, 1.807) is 6.92 Å². The number of aromatic nitrogens is 1. The predicted octanol–water partition coefficient (Wildman–Crippen LogP) is 3.75. The Kier molecular flexibility index (Phi) is 3.34. The summed E-state index contributed by atoms with van der Waals surface area (Å²) in [5.74, 6) is -1.70. The predicted molar refractivity (Wildman–Crippen MR) is 76.3 cm³/mol. The number of ether oxygens (including phenoxy) is 1. The van der Waals surface area contributed by atoms with Crippen molar-refractivity contribution >= 4 is 28.5 Å². The van der Waals surface area contributed by atoms with Gasteiger partial charge in [0.05, 0.1) is 34.0 Å². The van der Waals surface area contributed by atoms with Crippen molar-refractivity contribution in [2.75, 3.05) is 0 Å². The van der Waals surface area contributed by atoms with Crippen LogP contribution in [-0.2, 0) is 11.2 Å². The van der Waals surface area contributed by atoms with Gasteiger partial charge in [0.15, 0.2) is 0 Å². The van der Waals surface area contributed by atoms with Crippen LogP contribution in [0.15, 0.2) is 12.1 Å². The van der Waals surface area contributed by atoms with Crippen LogP contribution in [0.3, 0.4) is 0 Å². The molecule has 1 aliphatic rings. The number of benzene rings is 1. The van der Waals surface area contributed by atoms with Crippen molar-refractivity contribution < 1.29 is 19.0 Å². The maximum atomic E-state index is 13.6. The summed E-state index contributed by atoms with van der Waals surface area (Å²) in [5, 5.41) is 9.77. The Morgan fingerprint density at radius 1 is 1.48 bits per heavy atom. The number of rotatable bonds is 1. The molecule has 2 heterocycles. The van der Waals surface area contributed by atoms with E-state index < -0.39 is 11.8 Å². The molecule has 0 aliphatic carbocycles. The van der Waals surface area contributed by atoms with E-state index in [1.807, 2.05) is 6.92 Å². The molecule has 0 radical (unpaired) electrons.